The molecule has 5 heteroatoms. The van der Waals surface area contributed by atoms with E-state index in [2.05, 4.69) is 22.6 Å². The zero-order chi connectivity index (χ0) is 12.4. The van der Waals surface area contributed by atoms with Crippen LogP contribution in [0.3, 0.4) is 0 Å². The first-order valence-corrected chi connectivity index (χ1v) is 5.79. The van der Waals surface area contributed by atoms with Gasteiger partial charge in [-0.2, -0.15) is 0 Å². The Kier molecular flexibility index (Phi) is 3.45. The van der Waals surface area contributed by atoms with Gasteiger partial charge in [0.05, 0.1) is 17.9 Å². The molecule has 1 N–H and O–H groups in total. The summed E-state index contributed by atoms with van der Waals surface area (Å²) in [4.78, 5) is 0. The van der Waals surface area contributed by atoms with Gasteiger partial charge in [-0.1, -0.05) is 22.9 Å². The summed E-state index contributed by atoms with van der Waals surface area (Å²) in [7, 11) is 3.80. The topological polar surface area (TPSA) is 42.7 Å². The predicted octanol–water partition coefficient (Wildman–Crippen LogP) is 2.09. The molecule has 90 valence electrons. The average Bonchev–Trinajstić information content (AvgIpc) is 2.71. The van der Waals surface area contributed by atoms with E-state index in [-0.39, 0.29) is 6.04 Å². The van der Waals surface area contributed by atoms with Crippen LogP contribution in [0.25, 0.3) is 0 Å². The molecule has 0 aliphatic carbocycles. The molecule has 4 nitrogen and oxygen atoms in total. The van der Waals surface area contributed by atoms with Gasteiger partial charge >= 0.3 is 0 Å². The number of nitrogens with one attached hydrogen (secondary N) is 1. The number of rotatable bonds is 3. The van der Waals surface area contributed by atoms with Crippen LogP contribution in [0, 0.1) is 6.92 Å². The van der Waals surface area contributed by atoms with Crippen molar-refractivity contribution in [3.8, 4) is 0 Å². The van der Waals surface area contributed by atoms with E-state index in [9.17, 15) is 0 Å². The minimum atomic E-state index is 0.0497. The summed E-state index contributed by atoms with van der Waals surface area (Å²) in [5.41, 5.74) is 3.35. The smallest absolute Gasteiger partial charge is 0.0798 e. The van der Waals surface area contributed by atoms with Crippen LogP contribution >= 0.6 is 11.6 Å². The van der Waals surface area contributed by atoms with Crippen molar-refractivity contribution in [1.29, 1.82) is 0 Å². The quantitative estimate of drug-likeness (QED) is 0.907. The third-order valence-electron chi connectivity index (χ3n) is 2.89. The molecule has 1 aromatic carbocycles. The lowest BCUT2D eigenvalue weighted by Crippen LogP contribution is -2.21. The van der Waals surface area contributed by atoms with Gasteiger partial charge in [0.1, 0.15) is 0 Å². The Morgan fingerprint density at radius 1 is 1.41 bits per heavy atom. The summed E-state index contributed by atoms with van der Waals surface area (Å²) in [5.74, 6) is 0. The van der Waals surface area contributed by atoms with Gasteiger partial charge in [-0.15, -0.1) is 5.10 Å². The monoisotopic (exact) mass is 250 g/mol. The maximum absolute atomic E-state index is 6.05. The van der Waals surface area contributed by atoms with E-state index in [0.717, 1.165) is 16.3 Å². The molecule has 1 unspecified atom stereocenters. The van der Waals surface area contributed by atoms with Crippen LogP contribution in [-0.2, 0) is 7.05 Å². The van der Waals surface area contributed by atoms with Crippen LogP contribution < -0.4 is 5.32 Å². The van der Waals surface area contributed by atoms with E-state index < -0.39 is 0 Å². The van der Waals surface area contributed by atoms with E-state index in [1.807, 2.05) is 32.3 Å². The van der Waals surface area contributed by atoms with Gasteiger partial charge in [-0.05, 0) is 37.2 Å². The number of aromatic nitrogens is 3. The fourth-order valence-corrected chi connectivity index (χ4v) is 2.12. The third kappa shape index (κ3) is 2.33. The number of aryl methyl sites for hydroxylation is 2. The van der Waals surface area contributed by atoms with E-state index in [1.165, 1.54) is 5.56 Å². The lowest BCUT2D eigenvalue weighted by atomic mass is 9.99. The Bertz CT molecular complexity index is 521. The van der Waals surface area contributed by atoms with Crippen molar-refractivity contribution in [3.05, 3.63) is 46.2 Å². The molecule has 0 spiro atoms. The predicted molar refractivity (Wildman–Crippen MR) is 68.1 cm³/mol. The van der Waals surface area contributed by atoms with Crippen LogP contribution in [0.1, 0.15) is 22.9 Å². The second-order valence-electron chi connectivity index (χ2n) is 4.01. The van der Waals surface area contributed by atoms with Gasteiger partial charge < -0.3 is 5.32 Å². The van der Waals surface area contributed by atoms with Crippen LogP contribution in [0.5, 0.6) is 0 Å². The molecule has 0 aliphatic rings. The Hall–Kier alpha value is -1.39. The largest absolute Gasteiger partial charge is 0.308 e. The number of halogens is 1. The first-order chi connectivity index (χ1) is 8.13. The van der Waals surface area contributed by atoms with Crippen molar-refractivity contribution >= 4 is 11.6 Å². The minimum Gasteiger partial charge on any atom is -0.308 e. The highest BCUT2D eigenvalue weighted by atomic mass is 35.5. The minimum absolute atomic E-state index is 0.0497. The van der Waals surface area contributed by atoms with Gasteiger partial charge in [0, 0.05) is 12.1 Å². The molecule has 0 saturated heterocycles. The molecule has 0 fully saturated rings. The third-order valence-corrected chi connectivity index (χ3v) is 3.12. The van der Waals surface area contributed by atoms with Gasteiger partial charge in [0.2, 0.25) is 0 Å². The zero-order valence-electron chi connectivity index (χ0n) is 10.1. The number of hydrogen-bond acceptors (Lipinski definition) is 3. The van der Waals surface area contributed by atoms with Crippen molar-refractivity contribution in [3.63, 3.8) is 0 Å². The van der Waals surface area contributed by atoms with Crippen molar-refractivity contribution in [1.82, 2.24) is 20.3 Å². The summed E-state index contributed by atoms with van der Waals surface area (Å²) in [6.07, 6.45) is 1.77. The maximum atomic E-state index is 6.05. The highest BCUT2D eigenvalue weighted by Gasteiger charge is 2.18. The first-order valence-electron chi connectivity index (χ1n) is 5.41. The fraction of sp³-hybridized carbons (Fsp3) is 0.333. The van der Waals surface area contributed by atoms with Crippen LogP contribution in [0.2, 0.25) is 5.02 Å². The Labute approximate surface area is 106 Å². The molecule has 0 amide bonds. The second kappa shape index (κ2) is 4.85. The summed E-state index contributed by atoms with van der Waals surface area (Å²) < 4.78 is 1.77. The van der Waals surface area contributed by atoms with Gasteiger partial charge in [0.15, 0.2) is 0 Å². The molecule has 0 bridgehead atoms. The van der Waals surface area contributed by atoms with E-state index in [4.69, 9.17) is 11.6 Å². The van der Waals surface area contributed by atoms with Gasteiger partial charge in [-0.25, -0.2) is 0 Å². The normalized spacial score (nSPS) is 12.7. The molecule has 1 aromatic heterocycles. The Morgan fingerprint density at radius 3 is 2.76 bits per heavy atom. The van der Waals surface area contributed by atoms with Gasteiger partial charge in [0.25, 0.3) is 0 Å². The van der Waals surface area contributed by atoms with Crippen molar-refractivity contribution in [2.24, 2.45) is 7.05 Å². The van der Waals surface area contributed by atoms with Crippen molar-refractivity contribution < 1.29 is 0 Å². The zero-order valence-corrected chi connectivity index (χ0v) is 10.9. The lowest BCUT2D eigenvalue weighted by Gasteiger charge is -2.18. The van der Waals surface area contributed by atoms with E-state index >= 15 is 0 Å². The molecule has 17 heavy (non-hydrogen) atoms. The maximum Gasteiger partial charge on any atom is 0.0798 e. The Morgan fingerprint density at radius 2 is 2.18 bits per heavy atom. The van der Waals surface area contributed by atoms with Crippen LogP contribution in [0.15, 0.2) is 24.4 Å². The SMILES string of the molecule is CNC(c1cc(Cl)ccc1C)c1cnnn1C. The standard InChI is InChI=1S/C12H15ClN4/c1-8-4-5-9(13)6-10(8)12(14-2)11-7-15-16-17(11)3/h4-7,12,14H,1-3H3. The highest BCUT2D eigenvalue weighted by molar-refractivity contribution is 6.30. The van der Waals surface area contributed by atoms with E-state index in [1.54, 1.807) is 10.9 Å². The molecular weight excluding hydrogens is 236 g/mol. The molecule has 0 radical (unpaired) electrons. The summed E-state index contributed by atoms with van der Waals surface area (Å²) in [5, 5.41) is 11.9. The molecule has 1 heterocycles. The number of nitrogens with zero attached hydrogens (tertiary/aromatic N) is 3. The molecule has 1 atom stereocenters. The number of benzene rings is 1. The summed E-state index contributed by atoms with van der Waals surface area (Å²) >= 11 is 6.05. The Balaban J connectivity index is 2.49. The molecule has 0 saturated carbocycles. The summed E-state index contributed by atoms with van der Waals surface area (Å²) in [6.45, 7) is 2.07. The summed E-state index contributed by atoms with van der Waals surface area (Å²) in [6, 6.07) is 5.94. The van der Waals surface area contributed by atoms with E-state index in [0.29, 0.717) is 0 Å². The average molecular weight is 251 g/mol. The van der Waals surface area contributed by atoms with Crippen molar-refractivity contribution in [2.75, 3.05) is 7.05 Å². The molecule has 2 rings (SSSR count). The number of hydrogen-bond donors (Lipinski definition) is 1. The van der Waals surface area contributed by atoms with Crippen LogP contribution in [0.4, 0.5) is 0 Å². The second-order valence-corrected chi connectivity index (χ2v) is 4.44. The lowest BCUT2D eigenvalue weighted by molar-refractivity contribution is 0.596. The molecule has 0 aliphatic heterocycles. The fourth-order valence-electron chi connectivity index (χ4n) is 1.94. The molecular formula is C12H15ClN4. The molecule has 2 aromatic rings. The van der Waals surface area contributed by atoms with Crippen LogP contribution in [-0.4, -0.2) is 22.0 Å². The van der Waals surface area contributed by atoms with Gasteiger partial charge in [-0.3, -0.25) is 4.68 Å². The highest BCUT2D eigenvalue weighted by Crippen LogP contribution is 2.26. The first kappa shape index (κ1) is 12.1. The van der Waals surface area contributed by atoms with Crippen molar-refractivity contribution in [2.45, 2.75) is 13.0 Å².